The third-order valence-electron chi connectivity index (χ3n) is 2.64. The van der Waals surface area contributed by atoms with Crippen LogP contribution in [0.2, 0.25) is 0 Å². The second-order valence-electron chi connectivity index (χ2n) is 3.84. The molecule has 0 aromatic heterocycles. The van der Waals surface area contributed by atoms with Gasteiger partial charge in [0, 0.05) is 13.6 Å². The van der Waals surface area contributed by atoms with Gasteiger partial charge in [0.1, 0.15) is 5.84 Å². The molecule has 0 aromatic carbocycles. The van der Waals surface area contributed by atoms with E-state index >= 15 is 0 Å². The molecule has 0 aromatic rings. The predicted molar refractivity (Wildman–Crippen MR) is 53.0 cm³/mol. The lowest BCUT2D eigenvalue weighted by Gasteiger charge is -2.30. The highest BCUT2D eigenvalue weighted by molar-refractivity contribution is 5.98. The van der Waals surface area contributed by atoms with Gasteiger partial charge in [0.15, 0.2) is 0 Å². The Hall–Kier alpha value is -1.26. The molecule has 1 saturated carbocycles. The van der Waals surface area contributed by atoms with E-state index in [0.29, 0.717) is 5.92 Å². The van der Waals surface area contributed by atoms with Gasteiger partial charge in [0.2, 0.25) is 5.91 Å². The number of oxime groups is 1. The normalized spacial score (nSPS) is 17.6. The number of carbonyl (C=O) groups is 1. The van der Waals surface area contributed by atoms with Gasteiger partial charge in [0.05, 0.1) is 6.42 Å². The molecular formula is C9H17N3O2. The van der Waals surface area contributed by atoms with Crippen LogP contribution >= 0.6 is 0 Å². The highest BCUT2D eigenvalue weighted by Crippen LogP contribution is 2.26. The van der Waals surface area contributed by atoms with Crippen molar-refractivity contribution in [1.82, 2.24) is 4.90 Å². The fraction of sp³-hybridized carbons (Fsp3) is 0.778. The first-order valence-corrected chi connectivity index (χ1v) is 4.84. The van der Waals surface area contributed by atoms with E-state index in [-0.39, 0.29) is 18.2 Å². The lowest BCUT2D eigenvalue weighted by molar-refractivity contribution is -0.129. The highest BCUT2D eigenvalue weighted by Gasteiger charge is 2.21. The maximum atomic E-state index is 11.4. The smallest absolute Gasteiger partial charge is 0.230 e. The Balaban J connectivity index is 2.28. The molecule has 5 nitrogen and oxygen atoms in total. The Kier molecular flexibility index (Phi) is 3.73. The zero-order valence-corrected chi connectivity index (χ0v) is 8.44. The van der Waals surface area contributed by atoms with Crippen LogP contribution in [0.15, 0.2) is 5.16 Å². The summed E-state index contributed by atoms with van der Waals surface area (Å²) in [4.78, 5) is 13.1. The lowest BCUT2D eigenvalue weighted by atomic mass is 9.85. The summed E-state index contributed by atoms with van der Waals surface area (Å²) in [7, 11) is 1.76. The van der Waals surface area contributed by atoms with Crippen molar-refractivity contribution in [3.05, 3.63) is 0 Å². The van der Waals surface area contributed by atoms with Crippen LogP contribution in [-0.4, -0.2) is 35.4 Å². The Bertz CT molecular complexity index is 236. The lowest BCUT2D eigenvalue weighted by Crippen LogP contribution is -2.36. The second kappa shape index (κ2) is 4.83. The molecule has 1 aliphatic rings. The Morgan fingerprint density at radius 1 is 1.64 bits per heavy atom. The van der Waals surface area contributed by atoms with E-state index < -0.39 is 0 Å². The predicted octanol–water partition coefficient (Wildman–Crippen LogP) is 0.381. The summed E-state index contributed by atoms with van der Waals surface area (Å²) in [6.07, 6.45) is 3.69. The first kappa shape index (κ1) is 10.8. The van der Waals surface area contributed by atoms with Crippen LogP contribution in [0.25, 0.3) is 0 Å². The van der Waals surface area contributed by atoms with E-state index in [9.17, 15) is 4.79 Å². The molecule has 1 rings (SSSR count). The number of nitrogens with zero attached hydrogens (tertiary/aromatic N) is 2. The van der Waals surface area contributed by atoms with Gasteiger partial charge >= 0.3 is 0 Å². The molecule has 5 heteroatoms. The molecule has 0 bridgehead atoms. The maximum absolute atomic E-state index is 11.4. The quantitative estimate of drug-likeness (QED) is 0.297. The molecule has 0 saturated heterocycles. The average molecular weight is 199 g/mol. The van der Waals surface area contributed by atoms with Crippen molar-refractivity contribution in [2.45, 2.75) is 25.7 Å². The van der Waals surface area contributed by atoms with Crippen molar-refractivity contribution in [3.8, 4) is 0 Å². The van der Waals surface area contributed by atoms with Crippen LogP contribution in [0, 0.1) is 5.92 Å². The number of nitrogens with two attached hydrogens (primary N) is 1. The van der Waals surface area contributed by atoms with Crippen molar-refractivity contribution in [3.63, 3.8) is 0 Å². The Labute approximate surface area is 83.6 Å². The minimum atomic E-state index is -0.0906. The number of carbonyl (C=O) groups excluding carboxylic acids is 1. The fourth-order valence-corrected chi connectivity index (χ4v) is 1.49. The third kappa shape index (κ3) is 2.90. The molecule has 0 spiro atoms. The monoisotopic (exact) mass is 199 g/mol. The van der Waals surface area contributed by atoms with Gasteiger partial charge in [-0.25, -0.2) is 0 Å². The molecule has 0 atom stereocenters. The van der Waals surface area contributed by atoms with Crippen molar-refractivity contribution >= 4 is 11.7 Å². The first-order valence-electron chi connectivity index (χ1n) is 4.84. The van der Waals surface area contributed by atoms with E-state index in [1.165, 1.54) is 19.3 Å². The topological polar surface area (TPSA) is 78.9 Å². The number of hydrogen-bond acceptors (Lipinski definition) is 3. The largest absolute Gasteiger partial charge is 0.409 e. The standard InChI is InChI=1S/C9H17N3O2/c1-12(6-7-3-2-4-7)9(13)5-8(10)11-14/h7,14H,2-6H2,1H3,(H2,10,11). The van der Waals surface area contributed by atoms with Crippen LogP contribution < -0.4 is 5.73 Å². The molecule has 80 valence electrons. The van der Waals surface area contributed by atoms with Crippen LogP contribution in [0.3, 0.4) is 0 Å². The van der Waals surface area contributed by atoms with Crippen molar-refractivity contribution in [2.75, 3.05) is 13.6 Å². The fourth-order valence-electron chi connectivity index (χ4n) is 1.49. The average Bonchev–Trinajstić information content (AvgIpc) is 2.10. The molecule has 3 N–H and O–H groups in total. The van der Waals surface area contributed by atoms with Crippen LogP contribution in [0.1, 0.15) is 25.7 Å². The van der Waals surface area contributed by atoms with E-state index in [4.69, 9.17) is 10.9 Å². The summed E-state index contributed by atoms with van der Waals surface area (Å²) >= 11 is 0. The summed E-state index contributed by atoms with van der Waals surface area (Å²) in [5.74, 6) is 0.527. The molecule has 0 radical (unpaired) electrons. The van der Waals surface area contributed by atoms with Gasteiger partial charge in [-0.1, -0.05) is 11.6 Å². The number of hydrogen-bond donors (Lipinski definition) is 2. The molecular weight excluding hydrogens is 182 g/mol. The Morgan fingerprint density at radius 2 is 2.29 bits per heavy atom. The van der Waals surface area contributed by atoms with Crippen molar-refractivity contribution in [2.24, 2.45) is 16.8 Å². The molecule has 1 fully saturated rings. The summed E-state index contributed by atoms with van der Waals surface area (Å²) in [6, 6.07) is 0. The van der Waals surface area contributed by atoms with Crippen molar-refractivity contribution < 1.29 is 10.0 Å². The second-order valence-corrected chi connectivity index (χ2v) is 3.84. The molecule has 0 aliphatic heterocycles. The van der Waals surface area contributed by atoms with Gasteiger partial charge < -0.3 is 15.8 Å². The maximum Gasteiger partial charge on any atom is 0.230 e. The van der Waals surface area contributed by atoms with E-state index in [1.807, 2.05) is 0 Å². The zero-order chi connectivity index (χ0) is 10.6. The molecule has 1 aliphatic carbocycles. The molecule has 0 unspecified atom stereocenters. The van der Waals surface area contributed by atoms with Crippen molar-refractivity contribution in [1.29, 1.82) is 0 Å². The van der Waals surface area contributed by atoms with Gasteiger partial charge in [-0.2, -0.15) is 0 Å². The zero-order valence-electron chi connectivity index (χ0n) is 8.44. The SMILES string of the molecule is CN(CC1CCC1)C(=O)CC(N)=NO. The van der Waals surface area contributed by atoms with Crippen LogP contribution in [0.4, 0.5) is 0 Å². The van der Waals surface area contributed by atoms with Gasteiger partial charge in [-0.05, 0) is 18.8 Å². The van der Waals surface area contributed by atoms with E-state index in [2.05, 4.69) is 5.16 Å². The number of amidine groups is 1. The van der Waals surface area contributed by atoms with Gasteiger partial charge in [0.25, 0.3) is 0 Å². The van der Waals surface area contributed by atoms with E-state index in [0.717, 1.165) is 6.54 Å². The van der Waals surface area contributed by atoms with Gasteiger partial charge in [-0.3, -0.25) is 4.79 Å². The summed E-state index contributed by atoms with van der Waals surface area (Å²) in [5.41, 5.74) is 5.24. The molecule has 1 amide bonds. The number of amides is 1. The molecule has 0 heterocycles. The van der Waals surface area contributed by atoms with Crippen LogP contribution in [0.5, 0.6) is 0 Å². The molecule has 14 heavy (non-hydrogen) atoms. The van der Waals surface area contributed by atoms with Crippen LogP contribution in [-0.2, 0) is 4.79 Å². The van der Waals surface area contributed by atoms with E-state index in [1.54, 1.807) is 11.9 Å². The summed E-state index contributed by atoms with van der Waals surface area (Å²) in [6.45, 7) is 0.789. The number of rotatable bonds is 4. The minimum absolute atomic E-state index is 0.000278. The minimum Gasteiger partial charge on any atom is -0.409 e. The third-order valence-corrected chi connectivity index (χ3v) is 2.64. The summed E-state index contributed by atoms with van der Waals surface area (Å²) in [5, 5.41) is 11.1. The van der Waals surface area contributed by atoms with Gasteiger partial charge in [-0.15, -0.1) is 0 Å². The first-order chi connectivity index (χ1) is 6.63. The highest BCUT2D eigenvalue weighted by atomic mass is 16.4. The summed E-state index contributed by atoms with van der Waals surface area (Å²) < 4.78 is 0. The Morgan fingerprint density at radius 3 is 2.71 bits per heavy atom.